The van der Waals surface area contributed by atoms with Crippen molar-refractivity contribution in [1.29, 1.82) is 0 Å². The van der Waals surface area contributed by atoms with Gasteiger partial charge in [0, 0.05) is 7.05 Å². The fourth-order valence-electron chi connectivity index (χ4n) is 1.58. The average molecular weight is 302 g/mol. The third kappa shape index (κ3) is 3.33. The number of nitrogens with zero attached hydrogens (tertiary/aromatic N) is 1. The van der Waals surface area contributed by atoms with E-state index in [0.717, 1.165) is 12.1 Å². The maximum absolute atomic E-state index is 12.7. The van der Waals surface area contributed by atoms with Crippen LogP contribution in [-0.2, 0) is 6.18 Å². The minimum absolute atomic E-state index is 0.155. The minimum Gasteiger partial charge on any atom is -0.373 e. The summed E-state index contributed by atoms with van der Waals surface area (Å²) < 4.78 is 38.0. The Bertz CT molecular complexity index is 614. The molecular weight excluding hydrogens is 291 g/mol. The van der Waals surface area contributed by atoms with Crippen LogP contribution < -0.4 is 10.6 Å². The van der Waals surface area contributed by atoms with E-state index in [-0.39, 0.29) is 10.7 Å². The van der Waals surface area contributed by atoms with Gasteiger partial charge in [-0.05, 0) is 30.3 Å². The van der Waals surface area contributed by atoms with Crippen molar-refractivity contribution in [3.8, 4) is 0 Å². The van der Waals surface area contributed by atoms with Crippen molar-refractivity contribution in [1.82, 2.24) is 4.98 Å². The van der Waals surface area contributed by atoms with Gasteiger partial charge in [0.05, 0.1) is 16.3 Å². The topological polar surface area (TPSA) is 37.0 Å². The summed E-state index contributed by atoms with van der Waals surface area (Å²) in [7, 11) is 1.70. The maximum atomic E-state index is 12.7. The largest absolute Gasteiger partial charge is 0.416 e. The summed E-state index contributed by atoms with van der Waals surface area (Å²) in [6.07, 6.45) is -4.42. The lowest BCUT2D eigenvalue weighted by atomic mass is 10.2. The Morgan fingerprint density at radius 3 is 2.45 bits per heavy atom. The van der Waals surface area contributed by atoms with Gasteiger partial charge in [-0.15, -0.1) is 0 Å². The van der Waals surface area contributed by atoms with Crippen LogP contribution in [0.25, 0.3) is 0 Å². The van der Waals surface area contributed by atoms with Gasteiger partial charge in [-0.25, -0.2) is 4.98 Å². The SMILES string of the molecule is CNc1cccc(Nc2cc(C(F)(F)F)ccc2Cl)n1. The first kappa shape index (κ1) is 14.5. The van der Waals surface area contributed by atoms with Gasteiger partial charge in [0.15, 0.2) is 0 Å². The predicted molar refractivity (Wildman–Crippen MR) is 73.5 cm³/mol. The molecule has 0 atom stereocenters. The molecule has 0 fully saturated rings. The van der Waals surface area contributed by atoms with Crippen molar-refractivity contribution in [3.63, 3.8) is 0 Å². The Morgan fingerprint density at radius 1 is 1.10 bits per heavy atom. The van der Waals surface area contributed by atoms with Gasteiger partial charge in [0.1, 0.15) is 11.6 Å². The van der Waals surface area contributed by atoms with Gasteiger partial charge >= 0.3 is 6.18 Å². The highest BCUT2D eigenvalue weighted by atomic mass is 35.5. The highest BCUT2D eigenvalue weighted by Gasteiger charge is 2.30. The van der Waals surface area contributed by atoms with Crippen molar-refractivity contribution in [3.05, 3.63) is 47.0 Å². The second-order valence-electron chi connectivity index (χ2n) is 3.98. The Hall–Kier alpha value is -1.95. The highest BCUT2D eigenvalue weighted by molar-refractivity contribution is 6.33. The zero-order valence-electron chi connectivity index (χ0n) is 10.4. The number of nitrogens with one attached hydrogen (secondary N) is 2. The molecule has 2 aromatic rings. The van der Waals surface area contributed by atoms with Crippen molar-refractivity contribution in [2.24, 2.45) is 0 Å². The van der Waals surface area contributed by atoms with Gasteiger partial charge in [0.2, 0.25) is 0 Å². The molecular formula is C13H11ClF3N3. The number of hydrogen-bond acceptors (Lipinski definition) is 3. The van der Waals surface area contributed by atoms with Crippen LogP contribution in [0.15, 0.2) is 36.4 Å². The minimum atomic E-state index is -4.42. The van der Waals surface area contributed by atoms with Crippen molar-refractivity contribution in [2.75, 3.05) is 17.7 Å². The lowest BCUT2D eigenvalue weighted by Gasteiger charge is -2.12. The molecule has 0 aliphatic carbocycles. The van der Waals surface area contributed by atoms with Crippen LogP contribution in [0.4, 0.5) is 30.5 Å². The molecule has 0 saturated carbocycles. The first-order chi connectivity index (χ1) is 9.40. The van der Waals surface area contributed by atoms with Crippen LogP contribution in [0, 0.1) is 0 Å². The molecule has 106 valence electrons. The third-order valence-electron chi connectivity index (χ3n) is 2.56. The molecule has 1 aromatic heterocycles. The van der Waals surface area contributed by atoms with Crippen LogP contribution in [-0.4, -0.2) is 12.0 Å². The summed E-state index contributed by atoms with van der Waals surface area (Å²) in [4.78, 5) is 4.16. The second-order valence-corrected chi connectivity index (χ2v) is 4.38. The quantitative estimate of drug-likeness (QED) is 0.874. The first-order valence-corrected chi connectivity index (χ1v) is 6.06. The molecule has 3 nitrogen and oxygen atoms in total. The number of benzene rings is 1. The molecule has 0 aliphatic heterocycles. The molecule has 0 radical (unpaired) electrons. The molecule has 0 unspecified atom stereocenters. The van der Waals surface area contributed by atoms with Gasteiger partial charge in [-0.3, -0.25) is 0 Å². The van der Waals surface area contributed by atoms with Gasteiger partial charge in [0.25, 0.3) is 0 Å². The fourth-order valence-corrected chi connectivity index (χ4v) is 1.74. The van der Waals surface area contributed by atoms with Crippen LogP contribution in [0.3, 0.4) is 0 Å². The number of anilines is 3. The van der Waals surface area contributed by atoms with E-state index in [1.807, 2.05) is 0 Å². The number of rotatable bonds is 3. The first-order valence-electron chi connectivity index (χ1n) is 5.69. The smallest absolute Gasteiger partial charge is 0.373 e. The Labute approximate surface area is 118 Å². The van der Waals surface area contributed by atoms with Gasteiger partial charge in [-0.2, -0.15) is 13.2 Å². The van der Waals surface area contributed by atoms with Crippen molar-refractivity contribution < 1.29 is 13.2 Å². The Morgan fingerprint density at radius 2 is 1.80 bits per heavy atom. The summed E-state index contributed by atoms with van der Waals surface area (Å²) in [5.74, 6) is 0.996. The number of hydrogen-bond donors (Lipinski definition) is 2. The lowest BCUT2D eigenvalue weighted by molar-refractivity contribution is -0.137. The Balaban J connectivity index is 2.32. The highest BCUT2D eigenvalue weighted by Crippen LogP contribution is 2.34. The molecule has 0 saturated heterocycles. The van der Waals surface area contributed by atoms with Crippen molar-refractivity contribution >= 4 is 28.9 Å². The van der Waals surface area contributed by atoms with E-state index in [1.54, 1.807) is 25.2 Å². The molecule has 0 bridgehead atoms. The molecule has 7 heteroatoms. The Kier molecular flexibility index (Phi) is 4.04. The lowest BCUT2D eigenvalue weighted by Crippen LogP contribution is -2.06. The average Bonchev–Trinajstić information content (AvgIpc) is 2.40. The van der Waals surface area contributed by atoms with E-state index in [1.165, 1.54) is 6.07 Å². The molecule has 0 aliphatic rings. The number of alkyl halides is 3. The standard InChI is InChI=1S/C13H11ClF3N3/c1-18-11-3-2-4-12(20-11)19-10-7-8(13(15,16)17)5-6-9(10)14/h2-7H,1H3,(H2,18,19,20). The van der Waals surface area contributed by atoms with Crippen LogP contribution in [0.5, 0.6) is 0 Å². The number of aromatic nitrogens is 1. The van der Waals surface area contributed by atoms with Gasteiger partial charge in [-0.1, -0.05) is 17.7 Å². The monoisotopic (exact) mass is 301 g/mol. The van der Waals surface area contributed by atoms with E-state index in [4.69, 9.17) is 11.6 Å². The third-order valence-corrected chi connectivity index (χ3v) is 2.89. The van der Waals surface area contributed by atoms with E-state index in [0.29, 0.717) is 11.6 Å². The van der Waals surface area contributed by atoms with Crippen LogP contribution in [0.2, 0.25) is 5.02 Å². The predicted octanol–water partition coefficient (Wildman–Crippen LogP) is 4.54. The summed E-state index contributed by atoms with van der Waals surface area (Å²) >= 11 is 5.90. The number of halogens is 4. The summed E-state index contributed by atoms with van der Waals surface area (Å²) in [6, 6.07) is 8.19. The second kappa shape index (κ2) is 5.58. The van der Waals surface area contributed by atoms with E-state index >= 15 is 0 Å². The molecule has 1 aromatic carbocycles. The molecule has 0 amide bonds. The molecule has 0 spiro atoms. The fraction of sp³-hybridized carbons (Fsp3) is 0.154. The van der Waals surface area contributed by atoms with E-state index in [2.05, 4.69) is 15.6 Å². The summed E-state index contributed by atoms with van der Waals surface area (Å²) in [6.45, 7) is 0. The normalized spacial score (nSPS) is 11.2. The zero-order valence-corrected chi connectivity index (χ0v) is 11.2. The molecule has 2 rings (SSSR count). The van der Waals surface area contributed by atoms with E-state index < -0.39 is 11.7 Å². The summed E-state index contributed by atoms with van der Waals surface area (Å²) in [5.41, 5.74) is -0.614. The van der Waals surface area contributed by atoms with Crippen LogP contribution >= 0.6 is 11.6 Å². The molecule has 2 N–H and O–H groups in total. The van der Waals surface area contributed by atoms with Crippen molar-refractivity contribution in [2.45, 2.75) is 6.18 Å². The van der Waals surface area contributed by atoms with E-state index in [9.17, 15) is 13.2 Å². The maximum Gasteiger partial charge on any atom is 0.416 e. The van der Waals surface area contributed by atoms with Gasteiger partial charge < -0.3 is 10.6 Å². The number of pyridine rings is 1. The van der Waals surface area contributed by atoms with Crippen LogP contribution in [0.1, 0.15) is 5.56 Å². The summed E-state index contributed by atoms with van der Waals surface area (Å²) in [5, 5.41) is 5.81. The molecule has 1 heterocycles. The molecule has 20 heavy (non-hydrogen) atoms. The zero-order chi connectivity index (χ0) is 14.8.